The van der Waals surface area contributed by atoms with Gasteiger partial charge in [0.05, 0.1) is 0 Å². The predicted octanol–water partition coefficient (Wildman–Crippen LogP) is 2.88. The van der Waals surface area contributed by atoms with Gasteiger partial charge in [-0.25, -0.2) is 0 Å². The molecule has 0 aliphatic heterocycles. The topological polar surface area (TPSA) is 38.0 Å². The number of hydrogen-bond acceptors (Lipinski definition) is 2. The molecule has 1 rings (SSSR count). The van der Waals surface area contributed by atoms with Crippen molar-refractivity contribution >= 4 is 11.4 Å². The van der Waals surface area contributed by atoms with Crippen molar-refractivity contribution in [1.82, 2.24) is 5.32 Å². The molecular weight excluding hydrogens is 184 g/mol. The lowest BCUT2D eigenvalue weighted by Gasteiger charge is -2.20. The van der Waals surface area contributed by atoms with Crippen LogP contribution in [0, 0.1) is 5.41 Å². The van der Waals surface area contributed by atoms with Crippen molar-refractivity contribution in [3.8, 4) is 0 Å². The standard InChI is InChI=1S/C13H20N2/c1-10(15-9-13(2,3)4)11-5-7-12(14)8-6-11/h5-8,15H,1,9,14H2,2-4H3. The maximum absolute atomic E-state index is 5.62. The minimum absolute atomic E-state index is 0.261. The van der Waals surface area contributed by atoms with Gasteiger partial charge in [-0.15, -0.1) is 0 Å². The van der Waals surface area contributed by atoms with Gasteiger partial charge in [0.1, 0.15) is 0 Å². The average Bonchev–Trinajstić information content (AvgIpc) is 2.14. The molecule has 0 aliphatic carbocycles. The molecule has 15 heavy (non-hydrogen) atoms. The van der Waals surface area contributed by atoms with E-state index in [1.54, 1.807) is 0 Å². The number of benzene rings is 1. The van der Waals surface area contributed by atoms with Crippen LogP contribution in [-0.2, 0) is 0 Å². The number of anilines is 1. The Morgan fingerprint density at radius 3 is 2.27 bits per heavy atom. The zero-order valence-corrected chi connectivity index (χ0v) is 9.80. The highest BCUT2D eigenvalue weighted by Crippen LogP contribution is 2.15. The molecule has 1 aromatic rings. The van der Waals surface area contributed by atoms with E-state index in [0.717, 1.165) is 23.5 Å². The first-order chi connectivity index (χ1) is 6.88. The van der Waals surface area contributed by atoms with Crippen LogP contribution in [0.2, 0.25) is 0 Å². The molecule has 0 fully saturated rings. The summed E-state index contributed by atoms with van der Waals surface area (Å²) in [5, 5.41) is 3.32. The molecule has 2 nitrogen and oxygen atoms in total. The number of nitrogen functional groups attached to an aromatic ring is 1. The monoisotopic (exact) mass is 204 g/mol. The highest BCUT2D eigenvalue weighted by Gasteiger charge is 2.09. The van der Waals surface area contributed by atoms with Gasteiger partial charge in [-0.05, 0) is 23.1 Å². The third kappa shape index (κ3) is 4.07. The van der Waals surface area contributed by atoms with Crippen molar-refractivity contribution in [1.29, 1.82) is 0 Å². The van der Waals surface area contributed by atoms with Gasteiger partial charge in [0.15, 0.2) is 0 Å². The molecule has 0 spiro atoms. The van der Waals surface area contributed by atoms with Crippen molar-refractivity contribution in [2.75, 3.05) is 12.3 Å². The molecule has 0 saturated heterocycles. The smallest absolute Gasteiger partial charge is 0.0340 e. The van der Waals surface area contributed by atoms with Gasteiger partial charge in [-0.1, -0.05) is 39.5 Å². The van der Waals surface area contributed by atoms with Crippen LogP contribution in [0.5, 0.6) is 0 Å². The summed E-state index contributed by atoms with van der Waals surface area (Å²) in [7, 11) is 0. The maximum Gasteiger partial charge on any atom is 0.0340 e. The summed E-state index contributed by atoms with van der Waals surface area (Å²) in [4.78, 5) is 0. The Kier molecular flexibility index (Phi) is 3.40. The van der Waals surface area contributed by atoms with Gasteiger partial charge in [0.25, 0.3) is 0 Å². The van der Waals surface area contributed by atoms with Gasteiger partial charge >= 0.3 is 0 Å². The van der Waals surface area contributed by atoms with Gasteiger partial charge in [-0.2, -0.15) is 0 Å². The second kappa shape index (κ2) is 4.39. The lowest BCUT2D eigenvalue weighted by molar-refractivity contribution is 0.406. The van der Waals surface area contributed by atoms with E-state index in [4.69, 9.17) is 5.73 Å². The van der Waals surface area contributed by atoms with Gasteiger partial charge in [-0.3, -0.25) is 0 Å². The Bertz CT molecular complexity index is 331. The second-order valence-electron chi connectivity index (χ2n) is 5.01. The van der Waals surface area contributed by atoms with Gasteiger partial charge in [0, 0.05) is 17.9 Å². The Morgan fingerprint density at radius 1 is 1.27 bits per heavy atom. The molecule has 0 heterocycles. The van der Waals surface area contributed by atoms with Crippen LogP contribution in [0.15, 0.2) is 30.8 Å². The molecule has 0 aliphatic rings. The van der Waals surface area contributed by atoms with Crippen molar-refractivity contribution in [2.45, 2.75) is 20.8 Å². The van der Waals surface area contributed by atoms with E-state index in [1.165, 1.54) is 0 Å². The summed E-state index contributed by atoms with van der Waals surface area (Å²) in [6.07, 6.45) is 0. The fraction of sp³-hybridized carbons (Fsp3) is 0.385. The van der Waals surface area contributed by atoms with E-state index in [2.05, 4.69) is 32.7 Å². The van der Waals surface area contributed by atoms with Crippen LogP contribution in [0.25, 0.3) is 5.70 Å². The molecule has 82 valence electrons. The molecule has 0 amide bonds. The van der Waals surface area contributed by atoms with E-state index in [9.17, 15) is 0 Å². The molecule has 2 heteroatoms. The van der Waals surface area contributed by atoms with E-state index in [0.29, 0.717) is 0 Å². The highest BCUT2D eigenvalue weighted by atomic mass is 14.9. The SMILES string of the molecule is C=C(NCC(C)(C)C)c1ccc(N)cc1. The molecule has 0 atom stereocenters. The fourth-order valence-corrected chi connectivity index (χ4v) is 1.16. The highest BCUT2D eigenvalue weighted by molar-refractivity contribution is 5.63. The number of nitrogens with one attached hydrogen (secondary N) is 1. The predicted molar refractivity (Wildman–Crippen MR) is 67.3 cm³/mol. The van der Waals surface area contributed by atoms with Crippen LogP contribution in [0.4, 0.5) is 5.69 Å². The quantitative estimate of drug-likeness (QED) is 0.743. The van der Waals surface area contributed by atoms with Crippen LogP contribution in [0.1, 0.15) is 26.3 Å². The zero-order valence-electron chi connectivity index (χ0n) is 9.80. The molecule has 0 unspecified atom stereocenters. The van der Waals surface area contributed by atoms with E-state index < -0.39 is 0 Å². The van der Waals surface area contributed by atoms with Crippen LogP contribution < -0.4 is 11.1 Å². The Hall–Kier alpha value is -1.44. The largest absolute Gasteiger partial charge is 0.399 e. The zero-order chi connectivity index (χ0) is 11.5. The molecule has 1 aromatic carbocycles. The number of hydrogen-bond donors (Lipinski definition) is 2. The third-order valence-corrected chi connectivity index (χ3v) is 2.09. The second-order valence-corrected chi connectivity index (χ2v) is 5.01. The molecule has 0 radical (unpaired) electrons. The molecule has 0 bridgehead atoms. The van der Waals surface area contributed by atoms with Crippen LogP contribution in [0.3, 0.4) is 0 Å². The van der Waals surface area contributed by atoms with Crippen molar-refractivity contribution in [2.24, 2.45) is 5.41 Å². The van der Waals surface area contributed by atoms with Crippen molar-refractivity contribution < 1.29 is 0 Å². The van der Waals surface area contributed by atoms with E-state index in [-0.39, 0.29) is 5.41 Å². The normalized spacial score (nSPS) is 11.1. The first-order valence-electron chi connectivity index (χ1n) is 5.17. The van der Waals surface area contributed by atoms with Gasteiger partial charge < -0.3 is 11.1 Å². The lowest BCUT2D eigenvalue weighted by atomic mass is 9.96. The van der Waals surface area contributed by atoms with Crippen molar-refractivity contribution in [3.63, 3.8) is 0 Å². The third-order valence-electron chi connectivity index (χ3n) is 2.09. The first kappa shape index (κ1) is 11.6. The Balaban J connectivity index is 2.58. The maximum atomic E-state index is 5.62. The molecule has 0 saturated carbocycles. The number of nitrogens with two attached hydrogens (primary N) is 1. The average molecular weight is 204 g/mol. The Labute approximate surface area is 92.2 Å². The van der Waals surface area contributed by atoms with E-state index >= 15 is 0 Å². The summed E-state index contributed by atoms with van der Waals surface area (Å²) >= 11 is 0. The van der Waals surface area contributed by atoms with Crippen molar-refractivity contribution in [3.05, 3.63) is 36.4 Å². The van der Waals surface area contributed by atoms with Gasteiger partial charge in [0.2, 0.25) is 0 Å². The minimum Gasteiger partial charge on any atom is -0.399 e. The first-order valence-corrected chi connectivity index (χ1v) is 5.17. The fourth-order valence-electron chi connectivity index (χ4n) is 1.16. The lowest BCUT2D eigenvalue weighted by Crippen LogP contribution is -2.25. The Morgan fingerprint density at radius 2 is 1.80 bits per heavy atom. The van der Waals surface area contributed by atoms with Crippen LogP contribution >= 0.6 is 0 Å². The number of rotatable bonds is 3. The summed E-state index contributed by atoms with van der Waals surface area (Å²) in [6, 6.07) is 7.74. The van der Waals surface area contributed by atoms with Crippen LogP contribution in [-0.4, -0.2) is 6.54 Å². The minimum atomic E-state index is 0.261. The summed E-state index contributed by atoms with van der Waals surface area (Å²) in [5.41, 5.74) is 8.70. The molecule has 0 aromatic heterocycles. The summed E-state index contributed by atoms with van der Waals surface area (Å²) in [5.74, 6) is 0. The summed E-state index contributed by atoms with van der Waals surface area (Å²) in [6.45, 7) is 11.5. The summed E-state index contributed by atoms with van der Waals surface area (Å²) < 4.78 is 0. The molecular formula is C13H20N2. The van der Waals surface area contributed by atoms with E-state index in [1.807, 2.05) is 24.3 Å². The molecule has 3 N–H and O–H groups in total.